The molecule has 98 valence electrons. The topological polar surface area (TPSA) is 58.4 Å². The number of halogens is 1. The fraction of sp³-hybridized carbons (Fsp3) is 0.462. The summed E-state index contributed by atoms with van der Waals surface area (Å²) < 4.78 is 1.11. The minimum atomic E-state index is -0.315. The number of likely N-dealkylation sites (tertiary alicyclic amines) is 1. The Hall–Kier alpha value is -1.23. The van der Waals surface area contributed by atoms with E-state index in [2.05, 4.69) is 40.3 Å². The number of amides is 2. The minimum Gasteiger partial charge on any atom is -0.381 e. The van der Waals surface area contributed by atoms with Crippen LogP contribution in [-0.2, 0) is 0 Å². The number of urea groups is 1. The molecule has 2 amide bonds. The highest BCUT2D eigenvalue weighted by Gasteiger charge is 2.21. The summed E-state index contributed by atoms with van der Waals surface area (Å²) in [6, 6.07) is 6.27. The van der Waals surface area contributed by atoms with Crippen molar-refractivity contribution in [3.8, 4) is 0 Å². The van der Waals surface area contributed by atoms with E-state index in [1.165, 1.54) is 5.56 Å². The summed E-state index contributed by atoms with van der Waals surface area (Å²) in [7, 11) is 0. The number of benzene rings is 1. The molecule has 0 aromatic heterocycles. The lowest BCUT2D eigenvalue weighted by atomic mass is 10.0. The summed E-state index contributed by atoms with van der Waals surface area (Å²) >= 11 is 3.60. The van der Waals surface area contributed by atoms with Gasteiger partial charge in [-0.1, -0.05) is 12.1 Å². The van der Waals surface area contributed by atoms with Crippen LogP contribution in [0.5, 0.6) is 0 Å². The molecular weight excluding hydrogens is 294 g/mol. The Bertz CT molecular complexity index is 442. The number of hydrogen-bond donors (Lipinski definition) is 2. The Kier molecular flexibility index (Phi) is 4.11. The normalized spacial score (nSPS) is 16.7. The molecule has 3 N–H and O–H groups in total. The summed E-state index contributed by atoms with van der Waals surface area (Å²) in [4.78, 5) is 12.7. The zero-order valence-electron chi connectivity index (χ0n) is 10.4. The Morgan fingerprint density at radius 2 is 2.11 bits per heavy atom. The van der Waals surface area contributed by atoms with Crippen LogP contribution in [0.1, 0.15) is 18.4 Å². The van der Waals surface area contributed by atoms with Gasteiger partial charge in [-0.2, -0.15) is 0 Å². The van der Waals surface area contributed by atoms with Gasteiger partial charge in [-0.15, -0.1) is 0 Å². The van der Waals surface area contributed by atoms with Gasteiger partial charge in [0.25, 0.3) is 0 Å². The van der Waals surface area contributed by atoms with Gasteiger partial charge in [-0.05, 0) is 47.3 Å². The summed E-state index contributed by atoms with van der Waals surface area (Å²) in [5, 5.41) is 3.52. The van der Waals surface area contributed by atoms with Crippen LogP contribution >= 0.6 is 15.9 Å². The molecule has 1 aliphatic rings. The van der Waals surface area contributed by atoms with Gasteiger partial charge in [0.1, 0.15) is 0 Å². The molecule has 0 bridgehead atoms. The first-order valence-corrected chi connectivity index (χ1v) is 6.93. The SMILES string of the molecule is Cc1cccc(NC2CCN(C(N)=O)CC2)c1Br. The summed E-state index contributed by atoms with van der Waals surface area (Å²) in [6.07, 6.45) is 1.87. The van der Waals surface area contributed by atoms with Crippen molar-refractivity contribution in [3.63, 3.8) is 0 Å². The number of carbonyl (C=O) groups is 1. The van der Waals surface area contributed by atoms with Gasteiger partial charge in [-0.25, -0.2) is 4.79 Å². The highest BCUT2D eigenvalue weighted by molar-refractivity contribution is 9.10. The van der Waals surface area contributed by atoms with Crippen molar-refractivity contribution in [2.45, 2.75) is 25.8 Å². The second kappa shape index (κ2) is 5.61. The van der Waals surface area contributed by atoms with Crippen LogP contribution < -0.4 is 11.1 Å². The Morgan fingerprint density at radius 1 is 1.44 bits per heavy atom. The summed E-state index contributed by atoms with van der Waals surface area (Å²) in [5.41, 5.74) is 7.60. The molecule has 18 heavy (non-hydrogen) atoms. The predicted molar refractivity (Wildman–Crippen MR) is 76.7 cm³/mol. The van der Waals surface area contributed by atoms with Crippen molar-refractivity contribution < 1.29 is 4.79 Å². The lowest BCUT2D eigenvalue weighted by Crippen LogP contribution is -2.44. The van der Waals surface area contributed by atoms with Crippen LogP contribution in [-0.4, -0.2) is 30.1 Å². The molecule has 1 aliphatic heterocycles. The number of rotatable bonds is 2. The van der Waals surface area contributed by atoms with Crippen molar-refractivity contribution in [1.82, 2.24) is 4.90 Å². The largest absolute Gasteiger partial charge is 0.381 e. The molecule has 1 aromatic rings. The third-order valence-corrected chi connectivity index (χ3v) is 4.41. The van der Waals surface area contributed by atoms with E-state index >= 15 is 0 Å². The third kappa shape index (κ3) is 2.96. The second-order valence-electron chi connectivity index (χ2n) is 4.68. The fourth-order valence-corrected chi connectivity index (χ4v) is 2.60. The van der Waals surface area contributed by atoms with E-state index < -0.39 is 0 Å². The first kappa shape index (κ1) is 13.2. The molecular formula is C13H18BrN3O. The third-order valence-electron chi connectivity index (χ3n) is 3.36. The number of nitrogens with two attached hydrogens (primary N) is 1. The van der Waals surface area contributed by atoms with E-state index in [0.29, 0.717) is 6.04 Å². The van der Waals surface area contributed by atoms with Crippen LogP contribution in [0.25, 0.3) is 0 Å². The van der Waals surface area contributed by atoms with E-state index in [9.17, 15) is 4.79 Å². The van der Waals surface area contributed by atoms with Crippen LogP contribution in [0.3, 0.4) is 0 Å². The number of hydrogen-bond acceptors (Lipinski definition) is 2. The molecule has 5 heteroatoms. The zero-order chi connectivity index (χ0) is 13.1. The smallest absolute Gasteiger partial charge is 0.314 e. The minimum absolute atomic E-state index is 0.315. The first-order chi connectivity index (χ1) is 8.58. The van der Waals surface area contributed by atoms with Gasteiger partial charge in [0, 0.05) is 29.3 Å². The quantitative estimate of drug-likeness (QED) is 0.882. The zero-order valence-corrected chi connectivity index (χ0v) is 12.0. The van der Waals surface area contributed by atoms with Crippen molar-refractivity contribution in [2.75, 3.05) is 18.4 Å². The lowest BCUT2D eigenvalue weighted by molar-refractivity contribution is 0.193. The van der Waals surface area contributed by atoms with Crippen molar-refractivity contribution in [2.24, 2.45) is 5.73 Å². The van der Waals surface area contributed by atoms with Crippen LogP contribution in [0.2, 0.25) is 0 Å². The van der Waals surface area contributed by atoms with Crippen molar-refractivity contribution in [1.29, 1.82) is 0 Å². The number of primary amides is 1. The molecule has 2 rings (SSSR count). The van der Waals surface area contributed by atoms with Crippen molar-refractivity contribution in [3.05, 3.63) is 28.2 Å². The molecule has 0 spiro atoms. The molecule has 1 fully saturated rings. The monoisotopic (exact) mass is 311 g/mol. The molecule has 0 unspecified atom stereocenters. The second-order valence-corrected chi connectivity index (χ2v) is 5.47. The molecule has 1 heterocycles. The number of anilines is 1. The standard InChI is InChI=1S/C13H18BrN3O/c1-9-3-2-4-11(12(9)14)16-10-5-7-17(8-6-10)13(15)18/h2-4,10,16H,5-8H2,1H3,(H2,15,18). The Balaban J connectivity index is 1.96. The summed E-state index contributed by atoms with van der Waals surface area (Å²) in [5.74, 6) is 0. The van der Waals surface area contributed by atoms with Gasteiger partial charge in [0.2, 0.25) is 0 Å². The fourth-order valence-electron chi connectivity index (χ4n) is 2.22. The Labute approximate surface area is 116 Å². The molecule has 0 atom stereocenters. The first-order valence-electron chi connectivity index (χ1n) is 6.14. The maximum absolute atomic E-state index is 11.0. The van der Waals surface area contributed by atoms with Gasteiger partial charge < -0.3 is 16.0 Å². The number of nitrogens with zero attached hydrogens (tertiary/aromatic N) is 1. The van der Waals surface area contributed by atoms with E-state index in [1.807, 2.05) is 6.07 Å². The van der Waals surface area contributed by atoms with E-state index in [-0.39, 0.29) is 6.03 Å². The maximum Gasteiger partial charge on any atom is 0.314 e. The average Bonchev–Trinajstić information content (AvgIpc) is 2.36. The van der Waals surface area contributed by atoms with Crippen LogP contribution in [0.4, 0.5) is 10.5 Å². The number of piperidine rings is 1. The molecule has 0 saturated carbocycles. The Morgan fingerprint density at radius 3 is 2.72 bits per heavy atom. The molecule has 0 radical (unpaired) electrons. The summed E-state index contributed by atoms with van der Waals surface area (Å²) in [6.45, 7) is 3.54. The van der Waals surface area contributed by atoms with Crippen LogP contribution in [0.15, 0.2) is 22.7 Å². The van der Waals surface area contributed by atoms with Crippen LogP contribution in [0, 0.1) is 6.92 Å². The predicted octanol–water partition coefficient (Wildman–Crippen LogP) is 2.71. The number of carbonyl (C=O) groups excluding carboxylic acids is 1. The average molecular weight is 312 g/mol. The maximum atomic E-state index is 11.0. The number of aryl methyl sites for hydroxylation is 1. The molecule has 0 aliphatic carbocycles. The number of nitrogens with one attached hydrogen (secondary N) is 1. The molecule has 4 nitrogen and oxygen atoms in total. The van der Waals surface area contributed by atoms with E-state index in [1.54, 1.807) is 4.90 Å². The van der Waals surface area contributed by atoms with E-state index in [4.69, 9.17) is 5.73 Å². The van der Waals surface area contributed by atoms with Gasteiger partial charge in [0.05, 0.1) is 0 Å². The van der Waals surface area contributed by atoms with Gasteiger partial charge in [-0.3, -0.25) is 0 Å². The van der Waals surface area contributed by atoms with Gasteiger partial charge >= 0.3 is 6.03 Å². The molecule has 1 saturated heterocycles. The van der Waals surface area contributed by atoms with E-state index in [0.717, 1.165) is 36.1 Å². The highest BCUT2D eigenvalue weighted by atomic mass is 79.9. The van der Waals surface area contributed by atoms with Crippen molar-refractivity contribution >= 4 is 27.6 Å². The van der Waals surface area contributed by atoms with Gasteiger partial charge in [0.15, 0.2) is 0 Å². The lowest BCUT2D eigenvalue weighted by Gasteiger charge is -2.32. The highest BCUT2D eigenvalue weighted by Crippen LogP contribution is 2.27. The molecule has 1 aromatic carbocycles.